The predicted molar refractivity (Wildman–Crippen MR) is 45.0 cm³/mol. The Bertz CT molecular complexity index is 228. The van der Waals surface area contributed by atoms with E-state index >= 15 is 0 Å². The van der Waals surface area contributed by atoms with Crippen LogP contribution < -0.4 is 5.43 Å². The van der Waals surface area contributed by atoms with Crippen molar-refractivity contribution in [3.8, 4) is 0 Å². The molecule has 1 heterocycles. The Kier molecular flexibility index (Phi) is 2.00. The third kappa shape index (κ3) is 1.69. The molecule has 1 aliphatic heterocycles. The Balaban J connectivity index is 2.83. The molecule has 0 aliphatic carbocycles. The fourth-order valence-electron chi connectivity index (χ4n) is 1.09. The normalized spacial score (nSPS) is 18.2. The Morgan fingerprint density at radius 3 is 2.50 bits per heavy atom. The van der Waals surface area contributed by atoms with E-state index in [1.807, 2.05) is 27.7 Å². The Hall–Kier alpha value is -1.19. The van der Waals surface area contributed by atoms with Crippen molar-refractivity contribution in [2.45, 2.75) is 33.2 Å². The van der Waals surface area contributed by atoms with Gasteiger partial charge in [0.1, 0.15) is 6.26 Å². The van der Waals surface area contributed by atoms with Crippen LogP contribution in [0.15, 0.2) is 12.0 Å². The highest BCUT2D eigenvalue weighted by Gasteiger charge is 2.26. The number of rotatable bonds is 0. The van der Waals surface area contributed by atoms with Gasteiger partial charge in [-0.2, -0.15) is 0 Å². The number of hydrazine groups is 1. The van der Waals surface area contributed by atoms with Gasteiger partial charge in [0, 0.05) is 0 Å². The summed E-state index contributed by atoms with van der Waals surface area (Å²) in [7, 11) is 0. The zero-order chi connectivity index (χ0) is 9.35. The predicted octanol–water partition coefficient (Wildman–Crippen LogP) is 1.60. The van der Waals surface area contributed by atoms with E-state index in [9.17, 15) is 4.79 Å². The smallest absolute Gasteiger partial charge is 0.415 e. The van der Waals surface area contributed by atoms with E-state index < -0.39 is 6.09 Å². The lowest BCUT2D eigenvalue weighted by molar-refractivity contribution is 0.0753. The molecule has 0 spiro atoms. The van der Waals surface area contributed by atoms with Gasteiger partial charge in [-0.15, -0.1) is 0 Å². The highest BCUT2D eigenvalue weighted by Crippen LogP contribution is 2.18. The molecule has 0 atom stereocenters. The molecule has 4 heteroatoms. The van der Waals surface area contributed by atoms with Gasteiger partial charge in [0.25, 0.3) is 0 Å². The summed E-state index contributed by atoms with van der Waals surface area (Å²) in [5, 5.41) is 1.78. The second kappa shape index (κ2) is 2.69. The van der Waals surface area contributed by atoms with Gasteiger partial charge in [-0.25, -0.2) is 10.2 Å². The first-order valence-corrected chi connectivity index (χ1v) is 3.85. The van der Waals surface area contributed by atoms with Crippen molar-refractivity contribution in [2.24, 2.45) is 0 Å². The number of ether oxygens (including phenoxy) is 1. The maximum absolute atomic E-state index is 10.8. The first-order chi connectivity index (χ1) is 5.41. The first-order valence-electron chi connectivity index (χ1n) is 3.85. The SMILES string of the molecule is CC1=COC(=O)NN1C(C)(C)C. The number of nitrogens with zero attached hydrogens (tertiary/aromatic N) is 1. The zero-order valence-corrected chi connectivity index (χ0v) is 7.84. The molecular weight excluding hydrogens is 156 g/mol. The Labute approximate surface area is 72.2 Å². The van der Waals surface area contributed by atoms with E-state index in [0.29, 0.717) is 0 Å². The number of carbonyl (C=O) groups excluding carboxylic acids is 1. The summed E-state index contributed by atoms with van der Waals surface area (Å²) in [6, 6.07) is 0. The van der Waals surface area contributed by atoms with E-state index in [1.54, 1.807) is 5.01 Å². The minimum atomic E-state index is -0.435. The third-order valence-corrected chi connectivity index (χ3v) is 1.56. The molecule has 1 rings (SSSR count). The fourth-order valence-corrected chi connectivity index (χ4v) is 1.09. The lowest BCUT2D eigenvalue weighted by Crippen LogP contribution is -2.53. The van der Waals surface area contributed by atoms with Crippen LogP contribution in [0.25, 0.3) is 0 Å². The Morgan fingerprint density at radius 1 is 1.50 bits per heavy atom. The van der Waals surface area contributed by atoms with Crippen LogP contribution in [-0.4, -0.2) is 16.6 Å². The summed E-state index contributed by atoms with van der Waals surface area (Å²) in [4.78, 5) is 10.8. The van der Waals surface area contributed by atoms with Gasteiger partial charge in [0.05, 0.1) is 11.2 Å². The van der Waals surface area contributed by atoms with Gasteiger partial charge < -0.3 is 4.74 Å². The summed E-state index contributed by atoms with van der Waals surface area (Å²) in [5.74, 6) is 0. The number of hydrogen-bond acceptors (Lipinski definition) is 3. The van der Waals surface area contributed by atoms with E-state index in [4.69, 9.17) is 0 Å². The zero-order valence-electron chi connectivity index (χ0n) is 7.84. The van der Waals surface area contributed by atoms with E-state index in [-0.39, 0.29) is 5.54 Å². The minimum Gasteiger partial charge on any atom is -0.415 e. The molecule has 68 valence electrons. The molecule has 1 amide bonds. The van der Waals surface area contributed by atoms with Crippen LogP contribution in [0.5, 0.6) is 0 Å². The molecule has 0 saturated carbocycles. The van der Waals surface area contributed by atoms with Crippen LogP contribution in [0, 0.1) is 0 Å². The molecule has 0 aromatic rings. The van der Waals surface area contributed by atoms with Crippen molar-refractivity contribution in [3.63, 3.8) is 0 Å². The quantitative estimate of drug-likeness (QED) is 0.600. The summed E-state index contributed by atoms with van der Waals surface area (Å²) >= 11 is 0. The fraction of sp³-hybridized carbons (Fsp3) is 0.625. The van der Waals surface area contributed by atoms with E-state index in [0.717, 1.165) is 5.70 Å². The van der Waals surface area contributed by atoms with Gasteiger partial charge in [-0.3, -0.25) is 5.01 Å². The second-order valence-electron chi connectivity index (χ2n) is 3.78. The maximum atomic E-state index is 10.8. The maximum Gasteiger partial charge on any atom is 0.431 e. The Morgan fingerprint density at radius 2 is 2.08 bits per heavy atom. The number of hydrogen-bond donors (Lipinski definition) is 1. The molecule has 0 bridgehead atoms. The van der Waals surface area contributed by atoms with Crippen molar-refractivity contribution in [1.82, 2.24) is 10.4 Å². The van der Waals surface area contributed by atoms with Gasteiger partial charge >= 0.3 is 6.09 Å². The van der Waals surface area contributed by atoms with Crippen molar-refractivity contribution in [1.29, 1.82) is 0 Å². The van der Waals surface area contributed by atoms with Gasteiger partial charge in [-0.05, 0) is 27.7 Å². The number of cyclic esters (lactones) is 1. The summed E-state index contributed by atoms with van der Waals surface area (Å²) in [5.41, 5.74) is 3.38. The van der Waals surface area contributed by atoms with Crippen LogP contribution in [0.4, 0.5) is 4.79 Å². The largest absolute Gasteiger partial charge is 0.431 e. The highest BCUT2D eigenvalue weighted by atomic mass is 16.6. The van der Waals surface area contributed by atoms with Crippen molar-refractivity contribution >= 4 is 6.09 Å². The summed E-state index contributed by atoms with van der Waals surface area (Å²) in [6.45, 7) is 7.91. The number of nitrogens with one attached hydrogen (secondary N) is 1. The minimum absolute atomic E-state index is 0.125. The molecule has 4 nitrogen and oxygen atoms in total. The van der Waals surface area contributed by atoms with E-state index in [2.05, 4.69) is 10.2 Å². The van der Waals surface area contributed by atoms with Crippen LogP contribution in [-0.2, 0) is 4.74 Å². The standard InChI is InChI=1S/C8H14N2O2/c1-6-5-12-7(11)9-10(6)8(2,3)4/h5H,1-4H3,(H,9,11). The molecule has 0 fully saturated rings. The molecule has 1 aliphatic rings. The monoisotopic (exact) mass is 170 g/mol. The number of amides is 1. The van der Waals surface area contributed by atoms with Crippen molar-refractivity contribution in [3.05, 3.63) is 12.0 Å². The lowest BCUT2D eigenvalue weighted by Gasteiger charge is -2.38. The average Bonchev–Trinajstić information content (AvgIpc) is 1.92. The van der Waals surface area contributed by atoms with Crippen molar-refractivity contribution in [2.75, 3.05) is 0 Å². The van der Waals surface area contributed by atoms with Crippen LogP contribution >= 0.6 is 0 Å². The molecule has 0 aromatic heterocycles. The molecule has 12 heavy (non-hydrogen) atoms. The van der Waals surface area contributed by atoms with Crippen LogP contribution in [0.2, 0.25) is 0 Å². The van der Waals surface area contributed by atoms with Gasteiger partial charge in [0.15, 0.2) is 0 Å². The first kappa shape index (κ1) is 8.90. The molecule has 0 unspecified atom stereocenters. The van der Waals surface area contributed by atoms with Crippen molar-refractivity contribution < 1.29 is 9.53 Å². The molecule has 0 aromatic carbocycles. The molecule has 0 radical (unpaired) electrons. The van der Waals surface area contributed by atoms with Gasteiger partial charge in [-0.1, -0.05) is 0 Å². The van der Waals surface area contributed by atoms with Crippen LogP contribution in [0.1, 0.15) is 27.7 Å². The van der Waals surface area contributed by atoms with Crippen LogP contribution in [0.3, 0.4) is 0 Å². The molecule has 0 saturated heterocycles. The number of allylic oxidation sites excluding steroid dienone is 1. The topological polar surface area (TPSA) is 41.6 Å². The average molecular weight is 170 g/mol. The summed E-state index contributed by atoms with van der Waals surface area (Å²) in [6.07, 6.45) is 1.01. The molecular formula is C8H14N2O2. The number of carbonyl (C=O) groups is 1. The van der Waals surface area contributed by atoms with E-state index in [1.165, 1.54) is 6.26 Å². The second-order valence-corrected chi connectivity index (χ2v) is 3.78. The lowest BCUT2D eigenvalue weighted by atomic mass is 10.1. The van der Waals surface area contributed by atoms with Gasteiger partial charge in [0.2, 0.25) is 0 Å². The molecule has 1 N–H and O–H groups in total. The highest BCUT2D eigenvalue weighted by molar-refractivity contribution is 5.68. The summed E-state index contributed by atoms with van der Waals surface area (Å²) < 4.78 is 4.66. The third-order valence-electron chi connectivity index (χ3n) is 1.56.